The maximum Gasteiger partial charge on any atom is 0.236 e. The summed E-state index contributed by atoms with van der Waals surface area (Å²) >= 11 is 3.52. The molecule has 0 bridgehead atoms. The minimum Gasteiger partial charge on any atom is -0.368 e. The fraction of sp³-hybridized carbons (Fsp3) is 0.562. The highest BCUT2D eigenvalue weighted by molar-refractivity contribution is 9.10. The summed E-state index contributed by atoms with van der Waals surface area (Å²) in [6, 6.07) is 6.19. The van der Waals surface area contributed by atoms with E-state index in [1.54, 1.807) is 0 Å². The van der Waals surface area contributed by atoms with Crippen molar-refractivity contribution in [3.05, 3.63) is 28.2 Å². The summed E-state index contributed by atoms with van der Waals surface area (Å²) in [5.74, 6) is 0.155. The van der Waals surface area contributed by atoms with Gasteiger partial charge in [-0.2, -0.15) is 0 Å². The minimum atomic E-state index is -0.303. The maximum absolute atomic E-state index is 11.4. The molecule has 0 heterocycles. The van der Waals surface area contributed by atoms with Crippen LogP contribution in [-0.4, -0.2) is 25.5 Å². The molecule has 0 aliphatic heterocycles. The lowest BCUT2D eigenvalue weighted by Gasteiger charge is -2.28. The Balaban J connectivity index is 3.02. The van der Waals surface area contributed by atoms with Gasteiger partial charge in [-0.05, 0) is 36.6 Å². The number of rotatable bonds is 9. The van der Waals surface area contributed by atoms with Crippen molar-refractivity contribution in [3.63, 3.8) is 0 Å². The van der Waals surface area contributed by atoms with Gasteiger partial charge in [-0.1, -0.05) is 42.8 Å². The van der Waals surface area contributed by atoms with E-state index in [0.29, 0.717) is 5.92 Å². The van der Waals surface area contributed by atoms with E-state index in [9.17, 15) is 4.79 Å². The summed E-state index contributed by atoms with van der Waals surface area (Å²) in [5, 5.41) is 3.41. The summed E-state index contributed by atoms with van der Waals surface area (Å²) in [4.78, 5) is 13.4. The Morgan fingerprint density at radius 1 is 1.43 bits per heavy atom. The molecular weight excluding hydrogens is 330 g/mol. The van der Waals surface area contributed by atoms with Gasteiger partial charge in [-0.3, -0.25) is 4.79 Å². The molecule has 1 aromatic rings. The van der Waals surface area contributed by atoms with Crippen molar-refractivity contribution in [3.8, 4) is 0 Å². The molecule has 1 rings (SSSR count). The molecule has 1 aromatic carbocycles. The first kappa shape index (κ1) is 18.0. The van der Waals surface area contributed by atoms with E-state index >= 15 is 0 Å². The van der Waals surface area contributed by atoms with Crippen LogP contribution in [-0.2, 0) is 11.3 Å². The van der Waals surface area contributed by atoms with Gasteiger partial charge in [0.05, 0.1) is 6.54 Å². The number of amides is 1. The Bertz CT molecular complexity index is 463. The van der Waals surface area contributed by atoms with Crippen molar-refractivity contribution in [2.24, 2.45) is 11.7 Å². The number of hydrogen-bond acceptors (Lipinski definition) is 3. The van der Waals surface area contributed by atoms with Gasteiger partial charge in [-0.25, -0.2) is 0 Å². The second-order valence-electron chi connectivity index (χ2n) is 5.69. The van der Waals surface area contributed by atoms with Crippen molar-refractivity contribution < 1.29 is 4.79 Å². The van der Waals surface area contributed by atoms with E-state index < -0.39 is 0 Å². The molecule has 0 fully saturated rings. The van der Waals surface area contributed by atoms with E-state index in [4.69, 9.17) is 5.73 Å². The zero-order valence-corrected chi connectivity index (χ0v) is 14.7. The molecule has 0 spiro atoms. The van der Waals surface area contributed by atoms with Crippen LogP contribution in [0, 0.1) is 5.92 Å². The number of nitrogens with one attached hydrogen (secondary N) is 1. The van der Waals surface area contributed by atoms with E-state index in [-0.39, 0.29) is 12.5 Å². The van der Waals surface area contributed by atoms with E-state index in [0.717, 1.165) is 36.2 Å². The molecule has 0 saturated carbocycles. The normalized spacial score (nSPS) is 10.9. The van der Waals surface area contributed by atoms with Gasteiger partial charge in [0.25, 0.3) is 0 Å². The molecule has 0 aliphatic carbocycles. The van der Waals surface area contributed by atoms with Gasteiger partial charge in [0.2, 0.25) is 5.91 Å². The van der Waals surface area contributed by atoms with Crippen LogP contribution in [0.15, 0.2) is 22.7 Å². The smallest absolute Gasteiger partial charge is 0.236 e. The van der Waals surface area contributed by atoms with Crippen molar-refractivity contribution >= 4 is 27.5 Å². The van der Waals surface area contributed by atoms with E-state index in [2.05, 4.69) is 59.1 Å². The minimum absolute atomic E-state index is 0.245. The summed E-state index contributed by atoms with van der Waals surface area (Å²) in [6.45, 7) is 9.25. The van der Waals surface area contributed by atoms with E-state index in [1.165, 1.54) is 5.56 Å². The fourth-order valence-electron chi connectivity index (χ4n) is 2.26. The highest BCUT2D eigenvalue weighted by Gasteiger charge is 2.15. The average Bonchev–Trinajstić information content (AvgIpc) is 2.39. The Kier molecular flexibility index (Phi) is 7.75. The molecule has 0 aliphatic rings. The number of carbonyl (C=O) groups is 1. The third-order valence-electron chi connectivity index (χ3n) is 3.06. The SMILES string of the molecule is CCCNCc1ccc(Br)cc1N(CC(N)=O)CC(C)C. The summed E-state index contributed by atoms with van der Waals surface area (Å²) in [6.07, 6.45) is 1.10. The lowest BCUT2D eigenvalue weighted by molar-refractivity contribution is -0.116. The number of benzene rings is 1. The fourth-order valence-corrected chi connectivity index (χ4v) is 2.61. The highest BCUT2D eigenvalue weighted by Crippen LogP contribution is 2.26. The second-order valence-corrected chi connectivity index (χ2v) is 6.61. The number of anilines is 1. The first-order chi connectivity index (χ1) is 9.93. The topological polar surface area (TPSA) is 58.4 Å². The van der Waals surface area contributed by atoms with Crippen LogP contribution in [0.5, 0.6) is 0 Å². The number of nitrogens with zero attached hydrogens (tertiary/aromatic N) is 1. The average molecular weight is 356 g/mol. The first-order valence-corrected chi connectivity index (χ1v) is 8.25. The van der Waals surface area contributed by atoms with Crippen LogP contribution in [0.3, 0.4) is 0 Å². The number of primary amides is 1. The molecule has 0 saturated heterocycles. The number of halogens is 1. The van der Waals surface area contributed by atoms with E-state index in [1.807, 2.05) is 6.07 Å². The number of nitrogens with two attached hydrogens (primary N) is 1. The van der Waals surface area contributed by atoms with Crippen molar-refractivity contribution in [2.45, 2.75) is 33.7 Å². The summed E-state index contributed by atoms with van der Waals surface area (Å²) in [5.41, 5.74) is 7.67. The predicted molar refractivity (Wildman–Crippen MR) is 92.4 cm³/mol. The number of carbonyl (C=O) groups excluding carboxylic acids is 1. The van der Waals surface area contributed by atoms with Crippen LogP contribution in [0.2, 0.25) is 0 Å². The lowest BCUT2D eigenvalue weighted by atomic mass is 10.1. The Hall–Kier alpha value is -1.07. The summed E-state index contributed by atoms with van der Waals surface area (Å²) < 4.78 is 1.01. The zero-order valence-electron chi connectivity index (χ0n) is 13.2. The first-order valence-electron chi connectivity index (χ1n) is 7.46. The van der Waals surface area contributed by atoms with Crippen LogP contribution < -0.4 is 16.0 Å². The van der Waals surface area contributed by atoms with Crippen LogP contribution >= 0.6 is 15.9 Å². The molecular formula is C16H26BrN3O. The molecule has 3 N–H and O–H groups in total. The monoisotopic (exact) mass is 355 g/mol. The van der Waals surface area contributed by atoms with Crippen LogP contribution in [0.4, 0.5) is 5.69 Å². The molecule has 118 valence electrons. The van der Waals surface area contributed by atoms with Gasteiger partial charge in [0.1, 0.15) is 0 Å². The molecule has 1 amide bonds. The molecule has 4 nitrogen and oxygen atoms in total. The second kappa shape index (κ2) is 9.05. The third-order valence-corrected chi connectivity index (χ3v) is 3.56. The lowest BCUT2D eigenvalue weighted by Crippen LogP contribution is -2.37. The molecule has 0 atom stereocenters. The molecule has 5 heteroatoms. The largest absolute Gasteiger partial charge is 0.368 e. The quantitative estimate of drug-likeness (QED) is 0.669. The molecule has 0 radical (unpaired) electrons. The van der Waals surface area contributed by atoms with Crippen LogP contribution in [0.25, 0.3) is 0 Å². The molecule has 0 unspecified atom stereocenters. The van der Waals surface area contributed by atoms with Crippen molar-refractivity contribution in [1.82, 2.24) is 5.32 Å². The third kappa shape index (κ3) is 6.48. The van der Waals surface area contributed by atoms with Gasteiger partial charge < -0.3 is 16.0 Å². The zero-order chi connectivity index (χ0) is 15.8. The number of hydrogen-bond donors (Lipinski definition) is 2. The van der Waals surface area contributed by atoms with Crippen molar-refractivity contribution in [2.75, 3.05) is 24.5 Å². The predicted octanol–water partition coefficient (Wildman–Crippen LogP) is 2.90. The Labute approximate surface area is 136 Å². The van der Waals surface area contributed by atoms with Gasteiger partial charge in [-0.15, -0.1) is 0 Å². The van der Waals surface area contributed by atoms with Crippen LogP contribution in [0.1, 0.15) is 32.8 Å². The van der Waals surface area contributed by atoms with Gasteiger partial charge in [0, 0.05) is 23.2 Å². The molecule has 0 aromatic heterocycles. The Morgan fingerprint density at radius 2 is 2.14 bits per heavy atom. The van der Waals surface area contributed by atoms with Gasteiger partial charge in [0.15, 0.2) is 0 Å². The highest BCUT2D eigenvalue weighted by atomic mass is 79.9. The Morgan fingerprint density at radius 3 is 2.71 bits per heavy atom. The summed E-state index contributed by atoms with van der Waals surface area (Å²) in [7, 11) is 0. The maximum atomic E-state index is 11.4. The van der Waals surface area contributed by atoms with Crippen molar-refractivity contribution in [1.29, 1.82) is 0 Å². The van der Waals surface area contributed by atoms with Gasteiger partial charge >= 0.3 is 0 Å². The standard InChI is InChI=1S/C16H26BrN3O/c1-4-7-19-9-13-5-6-14(17)8-15(13)20(10-12(2)3)11-16(18)21/h5-6,8,12,19H,4,7,9-11H2,1-3H3,(H2,18,21). The molecule has 21 heavy (non-hydrogen) atoms.